The minimum Gasteiger partial charge on any atom is -0.494 e. The third kappa shape index (κ3) is 8.13. The summed E-state index contributed by atoms with van der Waals surface area (Å²) in [5.41, 5.74) is 1.63. The molecular formula is C26H29F6N3O2. The third-order valence-electron chi connectivity index (χ3n) is 5.63. The molecule has 0 saturated heterocycles. The first-order chi connectivity index (χ1) is 17.3. The van der Waals surface area contributed by atoms with Crippen LogP contribution in [0.25, 0.3) is 11.0 Å². The van der Waals surface area contributed by atoms with Gasteiger partial charge in [-0.05, 0) is 55.2 Å². The van der Waals surface area contributed by atoms with E-state index in [1.807, 2.05) is 35.8 Å². The van der Waals surface area contributed by atoms with Crippen LogP contribution in [0.3, 0.4) is 0 Å². The van der Waals surface area contributed by atoms with Gasteiger partial charge in [0, 0.05) is 18.5 Å². The molecule has 0 N–H and O–H groups in total. The first-order valence-corrected chi connectivity index (χ1v) is 11.9. The van der Waals surface area contributed by atoms with E-state index in [-0.39, 0.29) is 10.5 Å². The number of carbonyl (C=O) groups excluding carboxylic acids is 1. The fraction of sp³-hybridized carbons (Fsp3) is 0.462. The van der Waals surface area contributed by atoms with Gasteiger partial charge in [0.05, 0.1) is 17.6 Å². The summed E-state index contributed by atoms with van der Waals surface area (Å²) in [6, 6.07) is 11.5. The Morgan fingerprint density at radius 2 is 1.62 bits per heavy atom. The minimum absolute atomic E-state index is 0.238. The predicted molar refractivity (Wildman–Crippen MR) is 128 cm³/mol. The van der Waals surface area contributed by atoms with Crippen molar-refractivity contribution >= 4 is 16.9 Å². The zero-order valence-electron chi connectivity index (χ0n) is 20.8. The fourth-order valence-electron chi connectivity index (χ4n) is 3.95. The van der Waals surface area contributed by atoms with Gasteiger partial charge in [-0.3, -0.25) is 4.79 Å². The molecule has 1 amide bonds. The number of aryl methyl sites for hydroxylation is 1. The number of amides is 1. The van der Waals surface area contributed by atoms with E-state index in [1.54, 1.807) is 0 Å². The Morgan fingerprint density at radius 1 is 1.00 bits per heavy atom. The van der Waals surface area contributed by atoms with Gasteiger partial charge in [-0.15, -0.1) is 0 Å². The van der Waals surface area contributed by atoms with E-state index in [4.69, 9.17) is 4.74 Å². The number of rotatable bonds is 10. The van der Waals surface area contributed by atoms with Crippen molar-refractivity contribution in [3.63, 3.8) is 0 Å². The molecule has 37 heavy (non-hydrogen) atoms. The highest BCUT2D eigenvalue weighted by Gasteiger charge is 2.40. The number of benzene rings is 2. The van der Waals surface area contributed by atoms with Gasteiger partial charge < -0.3 is 14.2 Å². The van der Waals surface area contributed by atoms with Crippen molar-refractivity contribution in [3.05, 3.63) is 59.4 Å². The highest BCUT2D eigenvalue weighted by Crippen LogP contribution is 2.26. The van der Waals surface area contributed by atoms with Crippen LogP contribution in [0.15, 0.2) is 42.5 Å². The van der Waals surface area contributed by atoms with Gasteiger partial charge in [0.1, 0.15) is 24.7 Å². The van der Waals surface area contributed by atoms with Gasteiger partial charge in [0.25, 0.3) is 5.91 Å². The molecule has 0 radical (unpaired) electrons. The molecule has 0 aliphatic heterocycles. The van der Waals surface area contributed by atoms with Crippen molar-refractivity contribution in [2.24, 2.45) is 5.92 Å². The lowest BCUT2D eigenvalue weighted by Gasteiger charge is -2.25. The van der Waals surface area contributed by atoms with Crippen LogP contribution in [0.2, 0.25) is 0 Å². The number of hydrogen-bond donors (Lipinski definition) is 0. The molecule has 1 aromatic heterocycles. The summed E-state index contributed by atoms with van der Waals surface area (Å²) in [4.78, 5) is 17.1. The van der Waals surface area contributed by atoms with Gasteiger partial charge >= 0.3 is 12.4 Å². The lowest BCUT2D eigenvalue weighted by Crippen LogP contribution is -2.44. The average Bonchev–Trinajstić information content (AvgIpc) is 3.12. The van der Waals surface area contributed by atoms with Crippen molar-refractivity contribution in [2.45, 2.75) is 52.5 Å². The highest BCUT2D eigenvalue weighted by atomic mass is 19.4. The van der Waals surface area contributed by atoms with E-state index in [0.717, 1.165) is 17.7 Å². The van der Waals surface area contributed by atoms with Crippen LogP contribution in [-0.2, 0) is 13.0 Å². The summed E-state index contributed by atoms with van der Waals surface area (Å²) in [6.07, 6.45) is -8.69. The summed E-state index contributed by atoms with van der Waals surface area (Å²) >= 11 is 0. The van der Waals surface area contributed by atoms with E-state index < -0.39 is 31.3 Å². The van der Waals surface area contributed by atoms with Crippen LogP contribution in [0.5, 0.6) is 5.75 Å². The van der Waals surface area contributed by atoms with Gasteiger partial charge in [-0.1, -0.05) is 26.0 Å². The maximum absolute atomic E-state index is 12.9. The molecule has 0 atom stereocenters. The second kappa shape index (κ2) is 11.4. The van der Waals surface area contributed by atoms with Crippen LogP contribution < -0.4 is 4.74 Å². The molecule has 202 valence electrons. The smallest absolute Gasteiger partial charge is 0.406 e. The second-order valence-corrected chi connectivity index (χ2v) is 9.21. The first kappa shape index (κ1) is 28.3. The molecule has 11 heteroatoms. The van der Waals surface area contributed by atoms with E-state index in [1.165, 1.54) is 18.2 Å². The number of fused-ring (bicyclic) bond motifs is 1. The molecule has 0 fully saturated rings. The summed E-state index contributed by atoms with van der Waals surface area (Å²) < 4.78 is 84.9. The van der Waals surface area contributed by atoms with Crippen molar-refractivity contribution < 1.29 is 35.9 Å². The molecule has 0 aliphatic carbocycles. The molecular weight excluding hydrogens is 500 g/mol. The summed E-state index contributed by atoms with van der Waals surface area (Å²) in [7, 11) is 0. The Hall–Kier alpha value is -3.24. The lowest BCUT2D eigenvalue weighted by molar-refractivity contribution is -0.171. The first-order valence-electron chi connectivity index (χ1n) is 11.9. The molecule has 0 saturated carbocycles. The molecule has 0 unspecified atom stereocenters. The van der Waals surface area contributed by atoms with Crippen LogP contribution in [0.4, 0.5) is 26.3 Å². The lowest BCUT2D eigenvalue weighted by atomic mass is 10.1. The zero-order valence-corrected chi connectivity index (χ0v) is 20.8. The number of aromatic nitrogens is 2. The molecule has 2 aromatic carbocycles. The Kier molecular flexibility index (Phi) is 8.76. The Morgan fingerprint density at radius 3 is 2.16 bits per heavy atom. The van der Waals surface area contributed by atoms with E-state index in [0.29, 0.717) is 42.3 Å². The fourth-order valence-corrected chi connectivity index (χ4v) is 3.95. The van der Waals surface area contributed by atoms with E-state index >= 15 is 0 Å². The van der Waals surface area contributed by atoms with Crippen molar-refractivity contribution in [2.75, 3.05) is 19.7 Å². The van der Waals surface area contributed by atoms with Gasteiger partial charge in [-0.25, -0.2) is 4.98 Å². The summed E-state index contributed by atoms with van der Waals surface area (Å²) in [5, 5.41) is 0. The zero-order chi connectivity index (χ0) is 27.4. The monoisotopic (exact) mass is 529 g/mol. The Labute approximate surface area is 211 Å². The van der Waals surface area contributed by atoms with Crippen molar-refractivity contribution in [1.82, 2.24) is 14.5 Å². The number of carbonyl (C=O) groups is 1. The number of alkyl halides is 6. The number of hydrogen-bond acceptors (Lipinski definition) is 3. The third-order valence-corrected chi connectivity index (χ3v) is 5.63. The van der Waals surface area contributed by atoms with Gasteiger partial charge in [0.15, 0.2) is 0 Å². The van der Waals surface area contributed by atoms with Crippen molar-refractivity contribution in [3.8, 4) is 5.75 Å². The van der Waals surface area contributed by atoms with Crippen LogP contribution >= 0.6 is 0 Å². The predicted octanol–water partition coefficient (Wildman–Crippen LogP) is 6.64. The Balaban J connectivity index is 1.97. The topological polar surface area (TPSA) is 47.4 Å². The molecule has 0 bridgehead atoms. The SMILES string of the molecule is CCOc1ccc(Cc2nc3cc(C(=O)N(CC(F)(F)F)CC(F)(F)F)ccc3n2CCC(C)C)cc1. The highest BCUT2D eigenvalue weighted by molar-refractivity contribution is 5.97. The minimum atomic E-state index is -4.98. The molecule has 1 heterocycles. The summed E-state index contributed by atoms with van der Waals surface area (Å²) in [6.45, 7) is 3.16. The average molecular weight is 530 g/mol. The van der Waals surface area contributed by atoms with Crippen molar-refractivity contribution in [1.29, 1.82) is 0 Å². The van der Waals surface area contributed by atoms with Crippen LogP contribution in [0, 0.1) is 5.92 Å². The number of imidazole rings is 1. The molecule has 0 spiro atoms. The van der Waals surface area contributed by atoms with E-state index in [9.17, 15) is 31.1 Å². The molecule has 3 rings (SSSR count). The molecule has 5 nitrogen and oxygen atoms in total. The van der Waals surface area contributed by atoms with Gasteiger partial charge in [0.2, 0.25) is 0 Å². The van der Waals surface area contributed by atoms with Gasteiger partial charge in [-0.2, -0.15) is 26.3 Å². The Bertz CT molecular complexity index is 1180. The molecule has 0 aliphatic rings. The van der Waals surface area contributed by atoms with Crippen LogP contribution in [0.1, 0.15) is 48.9 Å². The second-order valence-electron chi connectivity index (χ2n) is 9.21. The quantitative estimate of drug-likeness (QED) is 0.277. The summed E-state index contributed by atoms with van der Waals surface area (Å²) in [5.74, 6) is 0.424. The number of halogens is 6. The normalized spacial score (nSPS) is 12.4. The number of nitrogens with zero attached hydrogens (tertiary/aromatic N) is 3. The standard InChI is InChI=1S/C26H29F6N3O2/c1-4-37-20-8-5-18(6-9-20)13-23-33-21-14-19(7-10-22(21)35(23)12-11-17(2)3)24(36)34(15-25(27,28)29)16-26(30,31)32/h5-10,14,17H,4,11-13,15-16H2,1-3H3. The number of ether oxygens (including phenoxy) is 1. The largest absolute Gasteiger partial charge is 0.494 e. The van der Waals surface area contributed by atoms with Crippen LogP contribution in [-0.4, -0.2) is 52.4 Å². The van der Waals surface area contributed by atoms with E-state index in [2.05, 4.69) is 18.8 Å². The molecule has 3 aromatic rings. The maximum Gasteiger partial charge on any atom is 0.406 e. The maximum atomic E-state index is 12.9.